The molecule has 2 N–H and O–H groups in total. The van der Waals surface area contributed by atoms with Crippen LogP contribution < -0.4 is 10.6 Å². The average molecular weight is 261 g/mol. The van der Waals surface area contributed by atoms with Crippen LogP contribution in [0, 0.1) is 6.92 Å². The zero-order chi connectivity index (χ0) is 13.8. The number of amides is 1. The summed E-state index contributed by atoms with van der Waals surface area (Å²) in [7, 11) is 3.56. The number of nitrogens with one attached hydrogen (secondary N) is 2. The molecule has 1 fully saturated rings. The Morgan fingerprint density at radius 1 is 1.42 bits per heavy atom. The van der Waals surface area contributed by atoms with Crippen molar-refractivity contribution in [2.75, 3.05) is 32.5 Å². The molecule has 0 aliphatic carbocycles. The summed E-state index contributed by atoms with van der Waals surface area (Å²) in [5.74, 6) is 0.0461. The van der Waals surface area contributed by atoms with Crippen LogP contribution >= 0.6 is 0 Å². The third kappa shape index (κ3) is 3.47. The zero-order valence-corrected chi connectivity index (χ0v) is 12.0. The van der Waals surface area contributed by atoms with Crippen LogP contribution in [0.25, 0.3) is 0 Å². The fourth-order valence-corrected chi connectivity index (χ4v) is 2.36. The summed E-state index contributed by atoms with van der Waals surface area (Å²) in [4.78, 5) is 13.6. The fraction of sp³-hybridized carbons (Fsp3) is 0.533. The van der Waals surface area contributed by atoms with E-state index in [1.165, 1.54) is 18.4 Å². The Labute approximate surface area is 115 Å². The van der Waals surface area contributed by atoms with E-state index in [1.807, 2.05) is 18.2 Å². The molecular weight excluding hydrogens is 238 g/mol. The smallest absolute Gasteiger partial charge is 0.253 e. The highest BCUT2D eigenvalue weighted by Crippen LogP contribution is 2.20. The Hall–Kier alpha value is -1.55. The maximum absolute atomic E-state index is 12.0. The number of piperidine rings is 1. The van der Waals surface area contributed by atoms with Gasteiger partial charge in [-0.25, -0.2) is 0 Å². The molecule has 1 atom stereocenters. The van der Waals surface area contributed by atoms with Gasteiger partial charge >= 0.3 is 0 Å². The fourth-order valence-electron chi connectivity index (χ4n) is 2.36. The van der Waals surface area contributed by atoms with Crippen LogP contribution in [0.3, 0.4) is 0 Å². The van der Waals surface area contributed by atoms with Gasteiger partial charge < -0.3 is 15.5 Å². The maximum Gasteiger partial charge on any atom is 0.253 e. The van der Waals surface area contributed by atoms with Gasteiger partial charge in [0.2, 0.25) is 0 Å². The first kappa shape index (κ1) is 13.9. The van der Waals surface area contributed by atoms with E-state index in [9.17, 15) is 4.79 Å². The summed E-state index contributed by atoms with van der Waals surface area (Å²) in [5.41, 5.74) is 2.99. The van der Waals surface area contributed by atoms with E-state index in [0.29, 0.717) is 6.04 Å². The lowest BCUT2D eigenvalue weighted by Crippen LogP contribution is -2.38. The Balaban J connectivity index is 2.14. The number of hydrogen-bond donors (Lipinski definition) is 2. The molecule has 1 aliphatic heterocycles. The molecule has 1 heterocycles. The molecule has 2 rings (SSSR count). The van der Waals surface area contributed by atoms with E-state index in [2.05, 4.69) is 17.6 Å². The quantitative estimate of drug-likeness (QED) is 0.873. The van der Waals surface area contributed by atoms with Crippen molar-refractivity contribution in [2.45, 2.75) is 25.8 Å². The number of anilines is 1. The van der Waals surface area contributed by atoms with E-state index < -0.39 is 0 Å². The van der Waals surface area contributed by atoms with Gasteiger partial charge in [-0.1, -0.05) is 6.07 Å². The van der Waals surface area contributed by atoms with Gasteiger partial charge in [0.15, 0.2) is 0 Å². The lowest BCUT2D eigenvalue weighted by atomic mass is 10.0. The van der Waals surface area contributed by atoms with Gasteiger partial charge in [0, 0.05) is 37.9 Å². The highest BCUT2D eigenvalue weighted by Gasteiger charge is 2.15. The third-order valence-corrected chi connectivity index (χ3v) is 3.55. The van der Waals surface area contributed by atoms with E-state index in [4.69, 9.17) is 0 Å². The van der Waals surface area contributed by atoms with Crippen molar-refractivity contribution >= 4 is 11.6 Å². The van der Waals surface area contributed by atoms with Gasteiger partial charge in [-0.05, 0) is 44.0 Å². The summed E-state index contributed by atoms with van der Waals surface area (Å²) in [6, 6.07) is 6.32. The van der Waals surface area contributed by atoms with Crippen molar-refractivity contribution in [1.29, 1.82) is 0 Å². The molecule has 0 saturated carbocycles. The van der Waals surface area contributed by atoms with Crippen LogP contribution in [0.1, 0.15) is 28.8 Å². The second-order valence-electron chi connectivity index (χ2n) is 5.42. The van der Waals surface area contributed by atoms with Crippen LogP contribution in [0.2, 0.25) is 0 Å². The van der Waals surface area contributed by atoms with Crippen molar-refractivity contribution in [3.05, 3.63) is 29.3 Å². The molecule has 1 aromatic carbocycles. The largest absolute Gasteiger partial charge is 0.381 e. The van der Waals surface area contributed by atoms with Gasteiger partial charge in [-0.15, -0.1) is 0 Å². The molecule has 1 unspecified atom stereocenters. The molecule has 0 spiro atoms. The highest BCUT2D eigenvalue weighted by molar-refractivity contribution is 5.95. The molecule has 104 valence electrons. The van der Waals surface area contributed by atoms with Gasteiger partial charge in [-0.2, -0.15) is 0 Å². The van der Waals surface area contributed by atoms with Crippen LogP contribution in [0.5, 0.6) is 0 Å². The number of carbonyl (C=O) groups excluding carboxylic acids is 1. The molecule has 0 radical (unpaired) electrons. The molecule has 1 amide bonds. The second kappa shape index (κ2) is 6.06. The van der Waals surface area contributed by atoms with E-state index in [-0.39, 0.29) is 5.91 Å². The van der Waals surface area contributed by atoms with Crippen LogP contribution in [-0.2, 0) is 0 Å². The Morgan fingerprint density at radius 3 is 2.84 bits per heavy atom. The van der Waals surface area contributed by atoms with E-state index in [0.717, 1.165) is 24.3 Å². The van der Waals surface area contributed by atoms with Gasteiger partial charge in [0.1, 0.15) is 0 Å². The molecule has 4 heteroatoms. The minimum Gasteiger partial charge on any atom is -0.381 e. The Bertz CT molecular complexity index is 451. The topological polar surface area (TPSA) is 44.4 Å². The van der Waals surface area contributed by atoms with Gasteiger partial charge in [0.05, 0.1) is 0 Å². The summed E-state index contributed by atoms with van der Waals surface area (Å²) in [5, 5.41) is 6.94. The number of rotatable bonds is 3. The third-order valence-electron chi connectivity index (χ3n) is 3.55. The predicted molar refractivity (Wildman–Crippen MR) is 78.7 cm³/mol. The predicted octanol–water partition coefficient (Wildman–Crippen LogP) is 1.86. The first-order valence-corrected chi connectivity index (χ1v) is 6.87. The SMILES string of the molecule is Cc1ccc(C(=O)N(C)C)cc1NC1CCCNC1. The second-order valence-corrected chi connectivity index (χ2v) is 5.42. The van der Waals surface area contributed by atoms with E-state index >= 15 is 0 Å². The molecule has 0 aromatic heterocycles. The standard InChI is InChI=1S/C15H23N3O/c1-11-6-7-12(15(19)18(2)3)9-14(11)17-13-5-4-8-16-10-13/h6-7,9,13,16-17H,4-5,8,10H2,1-3H3. The van der Waals surface area contributed by atoms with Crippen molar-refractivity contribution in [3.63, 3.8) is 0 Å². The number of benzene rings is 1. The molecule has 1 aliphatic rings. The van der Waals surface area contributed by atoms with Crippen molar-refractivity contribution < 1.29 is 4.79 Å². The Kier molecular flexibility index (Phi) is 4.43. The normalized spacial score (nSPS) is 19.0. The van der Waals surface area contributed by atoms with Crippen molar-refractivity contribution in [2.24, 2.45) is 0 Å². The summed E-state index contributed by atoms with van der Waals surface area (Å²) < 4.78 is 0. The molecule has 4 nitrogen and oxygen atoms in total. The Morgan fingerprint density at radius 2 is 2.21 bits per heavy atom. The number of carbonyl (C=O) groups is 1. The van der Waals surface area contributed by atoms with Crippen LogP contribution in [0.15, 0.2) is 18.2 Å². The van der Waals surface area contributed by atoms with E-state index in [1.54, 1.807) is 19.0 Å². The minimum absolute atomic E-state index is 0.0461. The number of nitrogens with zero attached hydrogens (tertiary/aromatic N) is 1. The zero-order valence-electron chi connectivity index (χ0n) is 12.0. The van der Waals surface area contributed by atoms with Gasteiger partial charge in [-0.3, -0.25) is 4.79 Å². The molecule has 0 bridgehead atoms. The number of hydrogen-bond acceptors (Lipinski definition) is 3. The molecule has 1 aromatic rings. The molecular formula is C15H23N3O. The molecule has 19 heavy (non-hydrogen) atoms. The monoisotopic (exact) mass is 261 g/mol. The average Bonchev–Trinajstić information content (AvgIpc) is 2.41. The van der Waals surface area contributed by atoms with Crippen molar-refractivity contribution in [1.82, 2.24) is 10.2 Å². The first-order chi connectivity index (χ1) is 9.08. The lowest BCUT2D eigenvalue weighted by molar-refractivity contribution is 0.0827. The summed E-state index contributed by atoms with van der Waals surface area (Å²) in [6.45, 7) is 4.17. The lowest BCUT2D eigenvalue weighted by Gasteiger charge is -2.26. The first-order valence-electron chi connectivity index (χ1n) is 6.87. The maximum atomic E-state index is 12.0. The van der Waals surface area contributed by atoms with Gasteiger partial charge in [0.25, 0.3) is 5.91 Å². The van der Waals surface area contributed by atoms with Crippen LogP contribution in [0.4, 0.5) is 5.69 Å². The molecule has 1 saturated heterocycles. The summed E-state index contributed by atoms with van der Waals surface area (Å²) >= 11 is 0. The minimum atomic E-state index is 0.0461. The van der Waals surface area contributed by atoms with Crippen molar-refractivity contribution in [3.8, 4) is 0 Å². The highest BCUT2D eigenvalue weighted by atomic mass is 16.2. The summed E-state index contributed by atoms with van der Waals surface area (Å²) in [6.07, 6.45) is 2.38. The number of aryl methyl sites for hydroxylation is 1. The van der Waals surface area contributed by atoms with Crippen LogP contribution in [-0.4, -0.2) is 44.0 Å².